The highest BCUT2D eigenvalue weighted by Crippen LogP contribution is 2.15. The van der Waals surface area contributed by atoms with Crippen molar-refractivity contribution in [2.75, 3.05) is 0 Å². The second-order valence-electron chi connectivity index (χ2n) is 9.31. The van der Waals surface area contributed by atoms with Gasteiger partial charge in [0.2, 0.25) is 0 Å². The number of hydrogen-bond donors (Lipinski definition) is 0. The van der Waals surface area contributed by atoms with E-state index in [1.54, 1.807) is 0 Å². The maximum atomic E-state index is 2.48. The van der Waals surface area contributed by atoms with Crippen LogP contribution in [0.15, 0.2) is 42.7 Å². The lowest BCUT2D eigenvalue weighted by Gasteiger charge is -2.06. The summed E-state index contributed by atoms with van der Waals surface area (Å²) < 4.78 is 4.89. The minimum absolute atomic E-state index is 1.14. The molecular formula is C29H49N2+. The van der Waals surface area contributed by atoms with Crippen molar-refractivity contribution >= 4 is 0 Å². The van der Waals surface area contributed by atoms with Gasteiger partial charge in [-0.1, -0.05) is 122 Å². The quantitative estimate of drug-likeness (QED) is 0.157. The molecular weight excluding hydrogens is 376 g/mol. The second kappa shape index (κ2) is 17.0. The molecule has 0 N–H and O–H groups in total. The molecule has 2 nitrogen and oxygen atoms in total. The monoisotopic (exact) mass is 425 g/mol. The molecule has 1 aromatic carbocycles. The number of aromatic nitrogens is 2. The fourth-order valence-corrected chi connectivity index (χ4v) is 4.56. The first-order valence-electron chi connectivity index (χ1n) is 13.5. The lowest BCUT2D eigenvalue weighted by Crippen LogP contribution is -2.37. The molecule has 1 aromatic heterocycles. The zero-order chi connectivity index (χ0) is 22.0. The van der Waals surface area contributed by atoms with Gasteiger partial charge in [0.05, 0.1) is 6.54 Å². The number of imidazole rings is 1. The van der Waals surface area contributed by atoms with E-state index in [-0.39, 0.29) is 0 Å². The van der Waals surface area contributed by atoms with E-state index in [1.807, 2.05) is 0 Å². The summed E-state index contributed by atoms with van der Waals surface area (Å²) in [6.07, 6.45) is 28.1. The van der Waals surface area contributed by atoms with Crippen LogP contribution in [-0.2, 0) is 13.0 Å². The van der Waals surface area contributed by atoms with Gasteiger partial charge in [-0.3, -0.25) is 0 Å². The summed E-state index contributed by atoms with van der Waals surface area (Å²) in [7, 11) is 0. The van der Waals surface area contributed by atoms with Gasteiger partial charge in [0.1, 0.15) is 18.1 Å². The molecule has 174 valence electrons. The Morgan fingerprint density at radius 3 is 1.68 bits per heavy atom. The van der Waals surface area contributed by atoms with Crippen LogP contribution in [0.5, 0.6) is 0 Å². The number of rotatable bonds is 19. The summed E-state index contributed by atoms with van der Waals surface area (Å²) in [4.78, 5) is 0. The van der Waals surface area contributed by atoms with Crippen molar-refractivity contribution in [1.29, 1.82) is 0 Å². The van der Waals surface area contributed by atoms with Gasteiger partial charge in [0.25, 0.3) is 5.82 Å². The zero-order valence-electron chi connectivity index (χ0n) is 20.7. The summed E-state index contributed by atoms with van der Waals surface area (Å²) in [6, 6.07) is 10.8. The van der Waals surface area contributed by atoms with Crippen LogP contribution < -0.4 is 4.57 Å². The standard InChI is InChI=1S/C29H49N2/c1-3-5-7-8-9-10-11-12-13-14-15-16-17-21-24-29-30(25-6-4-2)26-27-31(29)28-22-19-18-20-23-28/h18-20,22-23,26-27H,3-17,21,24-25H2,1-2H3/q+1. The van der Waals surface area contributed by atoms with Crippen molar-refractivity contribution in [2.24, 2.45) is 0 Å². The van der Waals surface area contributed by atoms with Gasteiger partial charge in [-0.15, -0.1) is 0 Å². The molecule has 0 bridgehead atoms. The molecule has 0 atom stereocenters. The Bertz CT molecular complexity index is 659. The smallest absolute Gasteiger partial charge is 0.234 e. The minimum atomic E-state index is 1.14. The van der Waals surface area contributed by atoms with Gasteiger partial charge in [-0.2, -0.15) is 4.57 Å². The number of benzene rings is 1. The molecule has 0 spiro atoms. The number of aryl methyl sites for hydroxylation is 1. The van der Waals surface area contributed by atoms with E-state index in [2.05, 4.69) is 65.7 Å². The summed E-state index contributed by atoms with van der Waals surface area (Å²) in [5.41, 5.74) is 1.29. The first-order chi connectivity index (χ1) is 15.4. The highest BCUT2D eigenvalue weighted by atomic mass is 15.1. The molecule has 2 aromatic rings. The molecule has 0 fully saturated rings. The fraction of sp³-hybridized carbons (Fsp3) is 0.690. The SMILES string of the molecule is CCCCCCCCCCCCCCCCc1n(-c2ccccc2)cc[n+]1CCCC. The van der Waals surface area contributed by atoms with Crippen LogP contribution >= 0.6 is 0 Å². The molecule has 1 heterocycles. The third kappa shape index (κ3) is 10.5. The van der Waals surface area contributed by atoms with Crippen molar-refractivity contribution in [3.8, 4) is 5.69 Å². The van der Waals surface area contributed by atoms with Gasteiger partial charge in [-0.25, -0.2) is 4.57 Å². The van der Waals surface area contributed by atoms with E-state index >= 15 is 0 Å². The van der Waals surface area contributed by atoms with Crippen molar-refractivity contribution in [3.63, 3.8) is 0 Å². The molecule has 0 aliphatic rings. The summed E-state index contributed by atoms with van der Waals surface area (Å²) in [5.74, 6) is 1.47. The number of unbranched alkanes of at least 4 members (excludes halogenated alkanes) is 14. The zero-order valence-corrected chi connectivity index (χ0v) is 20.7. The number of hydrogen-bond acceptors (Lipinski definition) is 0. The van der Waals surface area contributed by atoms with Gasteiger partial charge in [0, 0.05) is 6.42 Å². The Morgan fingerprint density at radius 2 is 1.13 bits per heavy atom. The van der Waals surface area contributed by atoms with Crippen LogP contribution in [0.4, 0.5) is 0 Å². The Hall–Kier alpha value is -1.57. The highest BCUT2D eigenvalue weighted by molar-refractivity contribution is 5.31. The molecule has 0 saturated carbocycles. The lowest BCUT2D eigenvalue weighted by atomic mass is 10.0. The molecule has 0 saturated heterocycles. The second-order valence-corrected chi connectivity index (χ2v) is 9.31. The van der Waals surface area contributed by atoms with Crippen LogP contribution in [-0.4, -0.2) is 4.57 Å². The summed E-state index contributed by atoms with van der Waals surface area (Å²) in [6.45, 7) is 5.72. The van der Waals surface area contributed by atoms with Crippen LogP contribution in [0.1, 0.15) is 122 Å². The van der Waals surface area contributed by atoms with Crippen molar-refractivity contribution in [1.82, 2.24) is 4.57 Å². The van der Waals surface area contributed by atoms with E-state index in [0.717, 1.165) is 6.54 Å². The summed E-state index contributed by atoms with van der Waals surface area (Å²) >= 11 is 0. The molecule has 31 heavy (non-hydrogen) atoms. The normalized spacial score (nSPS) is 11.3. The van der Waals surface area contributed by atoms with Crippen molar-refractivity contribution in [2.45, 2.75) is 130 Å². The molecule has 2 heteroatoms. The van der Waals surface area contributed by atoms with Crippen molar-refractivity contribution in [3.05, 3.63) is 48.5 Å². The van der Waals surface area contributed by atoms with Gasteiger partial charge >= 0.3 is 0 Å². The summed E-state index contributed by atoms with van der Waals surface area (Å²) in [5, 5.41) is 0. The predicted molar refractivity (Wildman–Crippen MR) is 135 cm³/mol. The molecule has 0 aliphatic carbocycles. The van der Waals surface area contributed by atoms with Gasteiger partial charge < -0.3 is 0 Å². The van der Waals surface area contributed by atoms with Gasteiger partial charge in [-0.05, 0) is 25.0 Å². The molecule has 0 amide bonds. The van der Waals surface area contributed by atoms with E-state index in [9.17, 15) is 0 Å². The van der Waals surface area contributed by atoms with Crippen LogP contribution in [0, 0.1) is 0 Å². The van der Waals surface area contributed by atoms with Crippen LogP contribution in [0.2, 0.25) is 0 Å². The van der Waals surface area contributed by atoms with E-state index < -0.39 is 0 Å². The maximum absolute atomic E-state index is 2.48. The molecule has 0 radical (unpaired) electrons. The lowest BCUT2D eigenvalue weighted by molar-refractivity contribution is -0.703. The third-order valence-corrected chi connectivity index (χ3v) is 6.55. The Morgan fingerprint density at radius 1 is 0.613 bits per heavy atom. The Labute approximate surface area is 193 Å². The topological polar surface area (TPSA) is 8.81 Å². The van der Waals surface area contributed by atoms with Gasteiger partial charge in [0.15, 0.2) is 0 Å². The van der Waals surface area contributed by atoms with E-state index in [4.69, 9.17) is 0 Å². The first kappa shape index (κ1) is 25.7. The first-order valence-corrected chi connectivity index (χ1v) is 13.5. The molecule has 0 unspecified atom stereocenters. The van der Waals surface area contributed by atoms with Crippen molar-refractivity contribution < 1.29 is 4.57 Å². The van der Waals surface area contributed by atoms with Crippen LogP contribution in [0.3, 0.4) is 0 Å². The van der Waals surface area contributed by atoms with E-state index in [0.29, 0.717) is 0 Å². The molecule has 2 rings (SSSR count). The predicted octanol–water partition coefficient (Wildman–Crippen LogP) is 8.59. The largest absolute Gasteiger partial charge is 0.261 e. The Kier molecular flexibility index (Phi) is 14.1. The van der Waals surface area contributed by atoms with Crippen LogP contribution in [0.25, 0.3) is 5.69 Å². The molecule has 0 aliphatic heterocycles. The minimum Gasteiger partial charge on any atom is -0.234 e. The van der Waals surface area contributed by atoms with E-state index in [1.165, 1.54) is 121 Å². The Balaban J connectivity index is 1.60. The number of para-hydroxylation sites is 1. The fourth-order valence-electron chi connectivity index (χ4n) is 4.56. The maximum Gasteiger partial charge on any atom is 0.261 e. The average Bonchev–Trinajstić information content (AvgIpc) is 3.21. The number of nitrogens with zero attached hydrogens (tertiary/aromatic N) is 2. The average molecular weight is 426 g/mol. The highest BCUT2D eigenvalue weighted by Gasteiger charge is 2.17. The third-order valence-electron chi connectivity index (χ3n) is 6.55.